The van der Waals surface area contributed by atoms with Gasteiger partial charge in [0.25, 0.3) is 0 Å². The van der Waals surface area contributed by atoms with Crippen LogP contribution in [0.25, 0.3) is 0 Å². The first kappa shape index (κ1) is 16.0. The summed E-state index contributed by atoms with van der Waals surface area (Å²) in [5.41, 5.74) is 6.07. The average Bonchev–Trinajstić information content (AvgIpc) is 2.28. The highest BCUT2D eigenvalue weighted by Crippen LogP contribution is 2.36. The Morgan fingerprint density at radius 2 is 1.56 bits per heavy atom. The molecule has 0 aromatic heterocycles. The zero-order chi connectivity index (χ0) is 13.5. The number of sulfone groups is 1. The normalized spacial score (nSPS) is 21.2. The molecular weight excluding hydrogens is 246 g/mol. The first-order valence-electron chi connectivity index (χ1n) is 7.44. The highest BCUT2D eigenvalue weighted by molar-refractivity contribution is 7.91. The van der Waals surface area contributed by atoms with Gasteiger partial charge in [-0.2, -0.15) is 0 Å². The van der Waals surface area contributed by atoms with Gasteiger partial charge in [-0.3, -0.25) is 0 Å². The minimum Gasteiger partial charge on any atom is -0.330 e. The fourth-order valence-corrected chi connectivity index (χ4v) is 4.57. The SMILES string of the molecule is CCCS(=O)(=O)CCC1(CN)CCCCCCC1. The zero-order valence-electron chi connectivity index (χ0n) is 11.8. The summed E-state index contributed by atoms with van der Waals surface area (Å²) < 4.78 is 23.7. The third-order valence-corrected chi connectivity index (χ3v) is 6.16. The van der Waals surface area contributed by atoms with Crippen molar-refractivity contribution in [3.05, 3.63) is 0 Å². The predicted molar refractivity (Wildman–Crippen MR) is 77.4 cm³/mol. The molecule has 3 nitrogen and oxygen atoms in total. The number of hydrogen-bond donors (Lipinski definition) is 1. The fourth-order valence-electron chi connectivity index (χ4n) is 3.00. The highest BCUT2D eigenvalue weighted by Gasteiger charge is 2.30. The molecule has 0 aromatic carbocycles. The van der Waals surface area contributed by atoms with Gasteiger partial charge in [-0.15, -0.1) is 0 Å². The molecule has 0 bridgehead atoms. The van der Waals surface area contributed by atoms with E-state index in [9.17, 15) is 8.42 Å². The first-order chi connectivity index (χ1) is 8.54. The maximum Gasteiger partial charge on any atom is 0.150 e. The Morgan fingerprint density at radius 1 is 1.00 bits per heavy atom. The van der Waals surface area contributed by atoms with E-state index < -0.39 is 9.84 Å². The van der Waals surface area contributed by atoms with Crippen LogP contribution in [-0.2, 0) is 9.84 Å². The highest BCUT2D eigenvalue weighted by atomic mass is 32.2. The molecule has 0 saturated heterocycles. The van der Waals surface area contributed by atoms with Crippen LogP contribution < -0.4 is 5.73 Å². The van der Waals surface area contributed by atoms with Crippen LogP contribution in [0.2, 0.25) is 0 Å². The summed E-state index contributed by atoms with van der Waals surface area (Å²) >= 11 is 0. The monoisotopic (exact) mass is 275 g/mol. The van der Waals surface area contributed by atoms with E-state index in [4.69, 9.17) is 5.73 Å². The van der Waals surface area contributed by atoms with Crippen molar-refractivity contribution in [3.8, 4) is 0 Å². The third-order valence-electron chi connectivity index (χ3n) is 4.31. The van der Waals surface area contributed by atoms with Gasteiger partial charge >= 0.3 is 0 Å². The lowest BCUT2D eigenvalue weighted by Gasteiger charge is -2.34. The van der Waals surface area contributed by atoms with E-state index >= 15 is 0 Å². The molecule has 18 heavy (non-hydrogen) atoms. The molecule has 1 rings (SSSR count). The molecule has 0 heterocycles. The molecular formula is C14H29NO2S. The third kappa shape index (κ3) is 5.27. The van der Waals surface area contributed by atoms with Crippen molar-refractivity contribution in [1.82, 2.24) is 0 Å². The quantitative estimate of drug-likeness (QED) is 0.811. The first-order valence-corrected chi connectivity index (χ1v) is 9.26. The van der Waals surface area contributed by atoms with E-state index in [0.717, 1.165) is 25.7 Å². The number of nitrogens with two attached hydrogens (primary N) is 1. The van der Waals surface area contributed by atoms with Crippen molar-refractivity contribution >= 4 is 9.84 Å². The molecule has 0 amide bonds. The Kier molecular flexibility index (Phi) is 6.64. The van der Waals surface area contributed by atoms with Crippen molar-refractivity contribution < 1.29 is 8.42 Å². The smallest absolute Gasteiger partial charge is 0.150 e. The Hall–Kier alpha value is -0.0900. The van der Waals surface area contributed by atoms with Crippen LogP contribution in [0.3, 0.4) is 0 Å². The van der Waals surface area contributed by atoms with E-state index in [0.29, 0.717) is 18.1 Å². The van der Waals surface area contributed by atoms with Crippen LogP contribution >= 0.6 is 0 Å². The van der Waals surface area contributed by atoms with Crippen molar-refractivity contribution in [2.75, 3.05) is 18.1 Å². The largest absolute Gasteiger partial charge is 0.330 e. The molecule has 1 aliphatic carbocycles. The lowest BCUT2D eigenvalue weighted by molar-refractivity contribution is 0.211. The van der Waals surface area contributed by atoms with Crippen LogP contribution in [0.5, 0.6) is 0 Å². The second-order valence-corrected chi connectivity index (χ2v) is 8.18. The van der Waals surface area contributed by atoms with Crippen LogP contribution in [0.4, 0.5) is 0 Å². The summed E-state index contributed by atoms with van der Waals surface area (Å²) in [6.07, 6.45) is 10.0. The molecule has 1 fully saturated rings. The van der Waals surface area contributed by atoms with Gasteiger partial charge in [0.1, 0.15) is 9.84 Å². The van der Waals surface area contributed by atoms with Crippen LogP contribution in [0.1, 0.15) is 64.7 Å². The molecule has 0 aliphatic heterocycles. The van der Waals surface area contributed by atoms with Gasteiger partial charge in [-0.1, -0.05) is 39.0 Å². The van der Waals surface area contributed by atoms with Gasteiger partial charge in [0.15, 0.2) is 0 Å². The van der Waals surface area contributed by atoms with Crippen LogP contribution in [0.15, 0.2) is 0 Å². The lowest BCUT2D eigenvalue weighted by atomic mass is 9.74. The maximum atomic E-state index is 11.8. The summed E-state index contributed by atoms with van der Waals surface area (Å²) in [4.78, 5) is 0. The second-order valence-electron chi connectivity index (χ2n) is 5.87. The Balaban J connectivity index is 2.57. The van der Waals surface area contributed by atoms with Gasteiger partial charge < -0.3 is 5.73 Å². The number of rotatable bonds is 6. The Bertz CT molecular complexity index is 317. The van der Waals surface area contributed by atoms with Gasteiger partial charge in [0.05, 0.1) is 5.75 Å². The molecule has 0 aromatic rings. The van der Waals surface area contributed by atoms with E-state index in [-0.39, 0.29) is 5.41 Å². The van der Waals surface area contributed by atoms with Crippen molar-refractivity contribution in [3.63, 3.8) is 0 Å². The molecule has 0 unspecified atom stereocenters. The summed E-state index contributed by atoms with van der Waals surface area (Å²) in [5, 5.41) is 0. The molecule has 1 saturated carbocycles. The molecule has 1 aliphatic rings. The molecule has 0 radical (unpaired) electrons. The van der Waals surface area contributed by atoms with Crippen molar-refractivity contribution in [2.24, 2.45) is 11.1 Å². The average molecular weight is 275 g/mol. The molecule has 0 atom stereocenters. The van der Waals surface area contributed by atoms with E-state index in [1.165, 1.54) is 32.1 Å². The predicted octanol–water partition coefficient (Wildman–Crippen LogP) is 2.89. The molecule has 2 N–H and O–H groups in total. The van der Waals surface area contributed by atoms with Crippen LogP contribution in [-0.4, -0.2) is 26.5 Å². The second kappa shape index (κ2) is 7.49. The fraction of sp³-hybridized carbons (Fsp3) is 1.00. The topological polar surface area (TPSA) is 60.2 Å². The summed E-state index contributed by atoms with van der Waals surface area (Å²) in [6.45, 7) is 2.57. The van der Waals surface area contributed by atoms with E-state index in [1.807, 2.05) is 6.92 Å². The summed E-state index contributed by atoms with van der Waals surface area (Å²) in [7, 11) is -2.86. The summed E-state index contributed by atoms with van der Waals surface area (Å²) in [5.74, 6) is 0.658. The molecule has 108 valence electrons. The standard InChI is InChI=1S/C14H29NO2S/c1-2-11-18(16,17)12-10-14(13-15)8-6-4-3-5-7-9-14/h2-13,15H2,1H3. The van der Waals surface area contributed by atoms with Crippen LogP contribution in [0, 0.1) is 5.41 Å². The van der Waals surface area contributed by atoms with Gasteiger partial charge in [-0.25, -0.2) is 8.42 Å². The number of hydrogen-bond acceptors (Lipinski definition) is 3. The van der Waals surface area contributed by atoms with Gasteiger partial charge in [-0.05, 0) is 37.6 Å². The Labute approximate surface area is 112 Å². The minimum absolute atomic E-state index is 0.0984. The van der Waals surface area contributed by atoms with Gasteiger partial charge in [0.2, 0.25) is 0 Å². The Morgan fingerprint density at radius 3 is 2.06 bits per heavy atom. The van der Waals surface area contributed by atoms with Crippen molar-refractivity contribution in [1.29, 1.82) is 0 Å². The van der Waals surface area contributed by atoms with Crippen molar-refractivity contribution in [2.45, 2.75) is 64.7 Å². The van der Waals surface area contributed by atoms with Gasteiger partial charge in [0, 0.05) is 5.75 Å². The van der Waals surface area contributed by atoms with E-state index in [1.54, 1.807) is 0 Å². The molecule has 4 heteroatoms. The summed E-state index contributed by atoms with van der Waals surface area (Å²) in [6, 6.07) is 0. The molecule has 0 spiro atoms. The maximum absolute atomic E-state index is 11.8. The minimum atomic E-state index is -2.86. The van der Waals surface area contributed by atoms with E-state index in [2.05, 4.69) is 0 Å². The lowest BCUT2D eigenvalue weighted by Crippen LogP contribution is -2.33. The zero-order valence-corrected chi connectivity index (χ0v) is 12.6.